The van der Waals surface area contributed by atoms with Gasteiger partial charge >= 0.3 is 0 Å². The van der Waals surface area contributed by atoms with Crippen LogP contribution in [0.4, 0.5) is 15.9 Å². The van der Waals surface area contributed by atoms with Gasteiger partial charge in [0, 0.05) is 36.8 Å². The zero-order chi connectivity index (χ0) is 21.8. The van der Waals surface area contributed by atoms with E-state index in [2.05, 4.69) is 21.2 Å². The maximum Gasteiger partial charge on any atom is 0.230 e. The highest BCUT2D eigenvalue weighted by atomic mass is 19.1. The summed E-state index contributed by atoms with van der Waals surface area (Å²) in [6.07, 6.45) is 1.59. The first kappa shape index (κ1) is 21.0. The van der Waals surface area contributed by atoms with Crippen LogP contribution in [0.5, 0.6) is 0 Å². The topological polar surface area (TPSA) is 49.3 Å². The van der Waals surface area contributed by atoms with Crippen LogP contribution < -0.4 is 9.80 Å². The Hall–Kier alpha value is -3.28. The number of hydrogen-bond acceptors (Lipinski definition) is 4. The molecule has 5 nitrogen and oxygen atoms in total. The van der Waals surface area contributed by atoms with Crippen molar-refractivity contribution in [3.63, 3.8) is 0 Å². The SMILES string of the molecule is CCN(C(=O)C1CCN(c2ccc(-c3ccc(F)cc3)nn2)CC1)c1cccc(C)c1. The number of nitrogens with zero attached hydrogens (tertiary/aromatic N) is 4. The number of rotatable bonds is 5. The smallest absolute Gasteiger partial charge is 0.230 e. The second-order valence-corrected chi connectivity index (χ2v) is 7.97. The summed E-state index contributed by atoms with van der Waals surface area (Å²) in [5, 5.41) is 8.67. The Morgan fingerprint density at radius 3 is 2.42 bits per heavy atom. The van der Waals surface area contributed by atoms with E-state index in [1.54, 1.807) is 12.1 Å². The average molecular weight is 419 g/mol. The number of carbonyl (C=O) groups is 1. The molecule has 2 aromatic carbocycles. The van der Waals surface area contributed by atoms with Crippen molar-refractivity contribution in [1.82, 2.24) is 10.2 Å². The van der Waals surface area contributed by atoms with E-state index in [4.69, 9.17) is 0 Å². The van der Waals surface area contributed by atoms with Gasteiger partial charge in [-0.25, -0.2) is 4.39 Å². The molecular weight excluding hydrogens is 391 g/mol. The molecule has 0 radical (unpaired) electrons. The molecule has 6 heteroatoms. The predicted octanol–water partition coefficient (Wildman–Crippen LogP) is 4.86. The third kappa shape index (κ3) is 4.74. The van der Waals surface area contributed by atoms with Crippen LogP contribution in [0.25, 0.3) is 11.3 Å². The highest BCUT2D eigenvalue weighted by Crippen LogP contribution is 2.27. The number of anilines is 2. The Balaban J connectivity index is 1.39. The van der Waals surface area contributed by atoms with Crippen molar-refractivity contribution >= 4 is 17.4 Å². The van der Waals surface area contributed by atoms with Crippen LogP contribution in [0.3, 0.4) is 0 Å². The first-order chi connectivity index (χ1) is 15.0. The summed E-state index contributed by atoms with van der Waals surface area (Å²) in [6.45, 7) is 6.27. The van der Waals surface area contributed by atoms with E-state index in [1.165, 1.54) is 12.1 Å². The molecule has 3 aromatic rings. The molecule has 1 amide bonds. The Labute approximate surface area is 182 Å². The third-order valence-corrected chi connectivity index (χ3v) is 5.85. The summed E-state index contributed by atoms with van der Waals surface area (Å²) in [6, 6.07) is 18.2. The van der Waals surface area contributed by atoms with Crippen LogP contribution >= 0.6 is 0 Å². The highest BCUT2D eigenvalue weighted by molar-refractivity contribution is 5.95. The molecule has 1 fully saturated rings. The predicted molar refractivity (Wildman–Crippen MR) is 122 cm³/mol. The molecule has 4 rings (SSSR count). The van der Waals surface area contributed by atoms with Gasteiger partial charge in [0.1, 0.15) is 5.82 Å². The minimum atomic E-state index is -0.269. The number of aromatic nitrogens is 2. The lowest BCUT2D eigenvalue weighted by molar-refractivity contribution is -0.122. The van der Waals surface area contributed by atoms with Crippen LogP contribution in [-0.4, -0.2) is 35.7 Å². The molecular formula is C25H27FN4O. The van der Waals surface area contributed by atoms with Gasteiger partial charge in [0.15, 0.2) is 5.82 Å². The van der Waals surface area contributed by atoms with Gasteiger partial charge in [-0.2, -0.15) is 0 Å². The van der Waals surface area contributed by atoms with Crippen LogP contribution in [0, 0.1) is 18.7 Å². The number of piperidine rings is 1. The fourth-order valence-electron chi connectivity index (χ4n) is 4.11. The molecule has 31 heavy (non-hydrogen) atoms. The first-order valence-electron chi connectivity index (χ1n) is 10.8. The van der Waals surface area contributed by atoms with Crippen LogP contribution in [0.15, 0.2) is 60.7 Å². The van der Waals surface area contributed by atoms with E-state index in [9.17, 15) is 9.18 Å². The van der Waals surface area contributed by atoms with Crippen molar-refractivity contribution in [3.8, 4) is 11.3 Å². The number of benzene rings is 2. The quantitative estimate of drug-likeness (QED) is 0.594. The average Bonchev–Trinajstić information content (AvgIpc) is 2.80. The number of hydrogen-bond donors (Lipinski definition) is 0. The molecule has 0 unspecified atom stereocenters. The first-order valence-corrected chi connectivity index (χ1v) is 10.8. The maximum atomic E-state index is 13.2. The van der Waals surface area contributed by atoms with Crippen molar-refractivity contribution in [2.45, 2.75) is 26.7 Å². The summed E-state index contributed by atoms with van der Waals surface area (Å²) >= 11 is 0. The normalized spacial score (nSPS) is 14.5. The van der Waals surface area contributed by atoms with Gasteiger partial charge in [0.05, 0.1) is 5.69 Å². The van der Waals surface area contributed by atoms with Crippen molar-refractivity contribution in [2.75, 3.05) is 29.4 Å². The third-order valence-electron chi connectivity index (χ3n) is 5.85. The van der Waals surface area contributed by atoms with Gasteiger partial charge < -0.3 is 9.80 Å². The van der Waals surface area contributed by atoms with E-state index in [-0.39, 0.29) is 17.6 Å². The molecule has 0 aliphatic carbocycles. The van der Waals surface area contributed by atoms with Gasteiger partial charge in [-0.05, 0) is 80.8 Å². The molecule has 160 valence electrons. The Morgan fingerprint density at radius 1 is 1.06 bits per heavy atom. The van der Waals surface area contributed by atoms with Crippen LogP contribution in [0.2, 0.25) is 0 Å². The molecule has 0 spiro atoms. The molecule has 1 aliphatic rings. The minimum absolute atomic E-state index is 0.0168. The lowest BCUT2D eigenvalue weighted by atomic mass is 9.95. The molecule has 0 bridgehead atoms. The van der Waals surface area contributed by atoms with E-state index in [0.29, 0.717) is 12.2 Å². The number of carbonyl (C=O) groups excluding carboxylic acids is 1. The van der Waals surface area contributed by atoms with E-state index in [0.717, 1.165) is 48.6 Å². The molecule has 1 saturated heterocycles. The van der Waals surface area contributed by atoms with Gasteiger partial charge in [-0.3, -0.25) is 4.79 Å². The zero-order valence-electron chi connectivity index (χ0n) is 18.0. The molecule has 1 aromatic heterocycles. The largest absolute Gasteiger partial charge is 0.355 e. The Bertz CT molecular complexity index is 1030. The molecule has 0 atom stereocenters. The maximum absolute atomic E-state index is 13.2. The summed E-state index contributed by atoms with van der Waals surface area (Å²) < 4.78 is 13.1. The van der Waals surface area contributed by atoms with Crippen molar-refractivity contribution in [2.24, 2.45) is 5.92 Å². The minimum Gasteiger partial charge on any atom is -0.355 e. The van der Waals surface area contributed by atoms with Crippen LogP contribution in [-0.2, 0) is 4.79 Å². The summed E-state index contributed by atoms with van der Waals surface area (Å²) in [7, 11) is 0. The number of aryl methyl sites for hydroxylation is 1. The van der Waals surface area contributed by atoms with Gasteiger partial charge in [-0.15, -0.1) is 10.2 Å². The Kier molecular flexibility index (Phi) is 6.26. The van der Waals surface area contributed by atoms with Gasteiger partial charge in [-0.1, -0.05) is 12.1 Å². The zero-order valence-corrected chi connectivity index (χ0v) is 18.0. The lowest BCUT2D eigenvalue weighted by Gasteiger charge is -2.34. The van der Waals surface area contributed by atoms with Crippen molar-refractivity contribution in [3.05, 3.63) is 72.0 Å². The molecule has 0 saturated carbocycles. The summed E-state index contributed by atoms with van der Waals surface area (Å²) in [5.41, 5.74) is 3.67. The molecule has 1 aliphatic heterocycles. The summed E-state index contributed by atoms with van der Waals surface area (Å²) in [4.78, 5) is 17.2. The van der Waals surface area contributed by atoms with E-state index in [1.807, 2.05) is 49.1 Å². The Morgan fingerprint density at radius 2 is 1.81 bits per heavy atom. The fourth-order valence-corrected chi connectivity index (χ4v) is 4.11. The van der Waals surface area contributed by atoms with Gasteiger partial charge in [0.2, 0.25) is 5.91 Å². The van der Waals surface area contributed by atoms with Gasteiger partial charge in [0.25, 0.3) is 0 Å². The lowest BCUT2D eigenvalue weighted by Crippen LogP contribution is -2.43. The number of halogens is 1. The monoisotopic (exact) mass is 418 g/mol. The second kappa shape index (κ2) is 9.25. The molecule has 2 heterocycles. The van der Waals surface area contributed by atoms with E-state index < -0.39 is 0 Å². The fraction of sp³-hybridized carbons (Fsp3) is 0.320. The van der Waals surface area contributed by atoms with Crippen LogP contribution in [0.1, 0.15) is 25.3 Å². The van der Waals surface area contributed by atoms with E-state index >= 15 is 0 Å². The van der Waals surface area contributed by atoms with Crippen molar-refractivity contribution in [1.29, 1.82) is 0 Å². The van der Waals surface area contributed by atoms with Crippen molar-refractivity contribution < 1.29 is 9.18 Å². The summed E-state index contributed by atoms with van der Waals surface area (Å²) in [5.74, 6) is 0.756. The standard InChI is InChI=1S/C25H27FN4O/c1-3-30(22-6-4-5-18(2)17-22)25(31)20-13-15-29(16-14-20)24-12-11-23(27-28-24)19-7-9-21(26)10-8-19/h4-12,17,20H,3,13-16H2,1-2H3. The second-order valence-electron chi connectivity index (χ2n) is 7.97. The molecule has 0 N–H and O–H groups in total. The highest BCUT2D eigenvalue weighted by Gasteiger charge is 2.29. The number of amides is 1.